The van der Waals surface area contributed by atoms with Gasteiger partial charge in [-0.1, -0.05) is 207 Å². The topological polar surface area (TPSA) is 81.1 Å². The number of aliphatic carboxylic acids is 2. The first kappa shape index (κ1) is 54.0. The van der Waals surface area contributed by atoms with Gasteiger partial charge in [0.2, 0.25) is 0 Å². The van der Waals surface area contributed by atoms with Crippen LogP contribution in [0.15, 0.2) is 0 Å². The summed E-state index contributed by atoms with van der Waals surface area (Å²) >= 11 is 0. The highest BCUT2D eigenvalue weighted by Crippen LogP contribution is 2.65. The van der Waals surface area contributed by atoms with Crippen LogP contribution < -0.4 is 0 Å². The van der Waals surface area contributed by atoms with E-state index < -0.39 is 22.8 Å². The van der Waals surface area contributed by atoms with Crippen molar-refractivity contribution >= 4 is 11.9 Å². The van der Waals surface area contributed by atoms with Crippen LogP contribution in [0.5, 0.6) is 0 Å². The summed E-state index contributed by atoms with van der Waals surface area (Å²) in [6, 6.07) is 0. The maximum Gasteiger partial charge on any atom is 0.309 e. The molecule has 0 heterocycles. The number of hydrogen-bond acceptors (Lipinski definition) is 4. The third-order valence-corrected chi connectivity index (χ3v) is 15.8. The molecule has 3 fully saturated rings. The molecule has 6 nitrogen and oxygen atoms in total. The molecule has 348 valence electrons. The monoisotopic (exact) mass is 831 g/mol. The third kappa shape index (κ3) is 19.0. The molecule has 0 amide bonds. The van der Waals surface area contributed by atoms with Crippen LogP contribution in [0, 0.1) is 10.8 Å². The van der Waals surface area contributed by atoms with E-state index in [1.807, 2.05) is 0 Å². The zero-order valence-corrected chi connectivity index (χ0v) is 40.6. The second-order valence-corrected chi connectivity index (χ2v) is 20.7. The van der Waals surface area contributed by atoms with Crippen molar-refractivity contribution < 1.29 is 19.8 Å². The first-order valence-electron chi connectivity index (χ1n) is 26.4. The highest BCUT2D eigenvalue weighted by atomic mass is 16.4. The van der Waals surface area contributed by atoms with Gasteiger partial charge in [0.1, 0.15) is 0 Å². The van der Waals surface area contributed by atoms with Gasteiger partial charge in [0, 0.05) is 11.1 Å². The first-order valence-corrected chi connectivity index (χ1v) is 26.4. The van der Waals surface area contributed by atoms with Crippen molar-refractivity contribution in [2.75, 3.05) is 27.2 Å². The fourth-order valence-electron chi connectivity index (χ4n) is 11.3. The predicted octanol–water partition coefficient (Wildman–Crippen LogP) is 15.8. The average molecular weight is 831 g/mol. The molecule has 0 aromatic heterocycles. The molecule has 2 N–H and O–H groups in total. The van der Waals surface area contributed by atoms with E-state index in [1.165, 1.54) is 186 Å². The third-order valence-electron chi connectivity index (χ3n) is 15.8. The van der Waals surface area contributed by atoms with Crippen molar-refractivity contribution in [2.45, 2.75) is 289 Å². The molecule has 2 atom stereocenters. The zero-order chi connectivity index (χ0) is 43.3. The molecule has 0 spiro atoms. The summed E-state index contributed by atoms with van der Waals surface area (Å²) in [5, 5.41) is 20.9. The van der Waals surface area contributed by atoms with Gasteiger partial charge in [0.25, 0.3) is 0 Å². The van der Waals surface area contributed by atoms with Crippen molar-refractivity contribution in [2.24, 2.45) is 10.8 Å². The maximum atomic E-state index is 12.7. The molecule has 2 unspecified atom stereocenters. The minimum atomic E-state index is -0.524. The van der Waals surface area contributed by atoms with Gasteiger partial charge in [-0.2, -0.15) is 0 Å². The maximum absolute atomic E-state index is 12.7. The molecule has 0 aromatic carbocycles. The molecule has 0 aromatic rings. The standard InChI is InChI=1S/C53H102N2O4/c1-7-11-15-19-23-31-39-50(48(56)57,37-29-17-13-9-3)41-33-25-21-27-35-43-54(5)52-45-53(46-52,47-52)55(6)44-36-28-22-26-34-42-51(49(58)59,38-30-18-14-10-4)40-32-24-20-16-12-8-2/h7-47H2,1-6H3,(H,56,57)(H,58,59). The van der Waals surface area contributed by atoms with Crippen LogP contribution >= 0.6 is 0 Å². The summed E-state index contributed by atoms with van der Waals surface area (Å²) in [6.07, 6.45) is 45.3. The van der Waals surface area contributed by atoms with E-state index in [0.717, 1.165) is 77.0 Å². The highest BCUT2D eigenvalue weighted by Gasteiger charge is 2.70. The quantitative estimate of drug-likeness (QED) is 0.0595. The summed E-state index contributed by atoms with van der Waals surface area (Å²) in [7, 11) is 4.73. The van der Waals surface area contributed by atoms with Gasteiger partial charge in [-0.15, -0.1) is 0 Å². The fourth-order valence-corrected chi connectivity index (χ4v) is 11.3. The van der Waals surface area contributed by atoms with Crippen LogP contribution in [0.4, 0.5) is 0 Å². The van der Waals surface area contributed by atoms with Gasteiger partial charge in [-0.3, -0.25) is 9.59 Å². The van der Waals surface area contributed by atoms with E-state index in [9.17, 15) is 19.8 Å². The predicted molar refractivity (Wildman–Crippen MR) is 254 cm³/mol. The molecular formula is C53H102N2O4. The molecule has 0 aliphatic heterocycles. The van der Waals surface area contributed by atoms with Gasteiger partial charge in [-0.25, -0.2) is 0 Å². The van der Waals surface area contributed by atoms with Crippen LogP contribution in [-0.4, -0.2) is 70.2 Å². The van der Waals surface area contributed by atoms with Gasteiger partial charge < -0.3 is 20.0 Å². The Balaban J connectivity index is 1.64. The lowest BCUT2D eigenvalue weighted by Crippen LogP contribution is -2.82. The van der Waals surface area contributed by atoms with E-state index in [0.29, 0.717) is 11.1 Å². The molecule has 3 saturated carbocycles. The minimum absolute atomic E-state index is 0.437. The Kier molecular flexibility index (Phi) is 28.2. The first-order chi connectivity index (χ1) is 28.5. The van der Waals surface area contributed by atoms with Crippen molar-refractivity contribution in [1.29, 1.82) is 0 Å². The number of rotatable bonds is 44. The Morgan fingerprint density at radius 2 is 0.576 bits per heavy atom. The summed E-state index contributed by atoms with van der Waals surface area (Å²) in [5.74, 6) is -1.05. The molecule has 6 heteroatoms. The molecule has 0 saturated heterocycles. The van der Waals surface area contributed by atoms with E-state index in [4.69, 9.17) is 0 Å². The Bertz CT molecular complexity index is 980. The number of unbranched alkanes of at least 4 members (excludes halogenated alkanes) is 24. The zero-order valence-electron chi connectivity index (χ0n) is 40.6. The molecule has 59 heavy (non-hydrogen) atoms. The lowest BCUT2D eigenvalue weighted by atomic mass is 9.43. The van der Waals surface area contributed by atoms with Crippen LogP contribution in [0.2, 0.25) is 0 Å². The second kappa shape index (κ2) is 30.8. The van der Waals surface area contributed by atoms with Crippen LogP contribution in [0.25, 0.3) is 0 Å². The van der Waals surface area contributed by atoms with Crippen molar-refractivity contribution in [1.82, 2.24) is 9.80 Å². The number of carboxylic acids is 2. The number of carbonyl (C=O) groups is 2. The Morgan fingerprint density at radius 3 is 0.814 bits per heavy atom. The lowest BCUT2D eigenvalue weighted by Gasteiger charge is -2.76. The van der Waals surface area contributed by atoms with Gasteiger partial charge >= 0.3 is 11.9 Å². The fraction of sp³-hybridized carbons (Fsp3) is 0.962. The van der Waals surface area contributed by atoms with Gasteiger partial charge in [-0.05, 0) is 97.8 Å². The van der Waals surface area contributed by atoms with Crippen LogP contribution in [0.1, 0.15) is 278 Å². The van der Waals surface area contributed by atoms with E-state index >= 15 is 0 Å². The van der Waals surface area contributed by atoms with Crippen molar-refractivity contribution in [3.63, 3.8) is 0 Å². The summed E-state index contributed by atoms with van der Waals surface area (Å²) in [4.78, 5) is 30.8. The number of carboxylic acid groups (broad SMARTS) is 2. The summed E-state index contributed by atoms with van der Waals surface area (Å²) in [6.45, 7) is 11.4. The normalized spacial score (nSPS) is 20.7. The van der Waals surface area contributed by atoms with Crippen molar-refractivity contribution in [3.8, 4) is 0 Å². The van der Waals surface area contributed by atoms with E-state index in [1.54, 1.807) is 0 Å². The Hall–Kier alpha value is -1.14. The lowest BCUT2D eigenvalue weighted by molar-refractivity contribution is -0.220. The average Bonchev–Trinajstić information content (AvgIpc) is 3.18. The SMILES string of the molecule is CCCCCCCCC(CCCCCC)(CCCCCCCN(C)C12CC(N(C)CCCCCCCC(CCCCCC)(CCCCCCCC)C(=O)O)(C1)C2)C(=O)O. The smallest absolute Gasteiger partial charge is 0.309 e. The van der Waals surface area contributed by atoms with E-state index in [2.05, 4.69) is 51.6 Å². The molecule has 2 bridgehead atoms. The van der Waals surface area contributed by atoms with Gasteiger partial charge in [0.05, 0.1) is 10.8 Å². The molecule has 3 rings (SSSR count). The Labute approximate surface area is 367 Å². The van der Waals surface area contributed by atoms with E-state index in [-0.39, 0.29) is 0 Å². The van der Waals surface area contributed by atoms with Crippen LogP contribution in [-0.2, 0) is 9.59 Å². The number of nitrogens with zero attached hydrogens (tertiary/aromatic N) is 2. The molecular weight excluding hydrogens is 729 g/mol. The number of hydrogen-bond donors (Lipinski definition) is 2. The molecule has 0 radical (unpaired) electrons. The van der Waals surface area contributed by atoms with Crippen LogP contribution in [0.3, 0.4) is 0 Å². The van der Waals surface area contributed by atoms with Gasteiger partial charge in [0.15, 0.2) is 0 Å². The second-order valence-electron chi connectivity index (χ2n) is 20.7. The molecule has 3 aliphatic carbocycles. The summed E-state index contributed by atoms with van der Waals surface area (Å²) in [5.41, 5.74) is -0.121. The highest BCUT2D eigenvalue weighted by molar-refractivity contribution is 5.75. The van der Waals surface area contributed by atoms with Crippen molar-refractivity contribution in [3.05, 3.63) is 0 Å². The Morgan fingerprint density at radius 1 is 0.373 bits per heavy atom. The summed E-state index contributed by atoms with van der Waals surface area (Å²) < 4.78 is 0. The minimum Gasteiger partial charge on any atom is -0.481 e. The molecule has 3 aliphatic rings. The largest absolute Gasteiger partial charge is 0.481 e.